The number of H-pyrrole nitrogens is 1. The first-order valence-electron chi connectivity index (χ1n) is 5.76. The van der Waals surface area contributed by atoms with Crippen molar-refractivity contribution < 1.29 is 9.59 Å². The standard InChI is InChI=1S/C12H15N5O2/c1-8(18)9-4-10(16(2)5-9)12(19)17(3)6-11-13-7-14-15-11/h4-5,7H,6H2,1-3H3,(H,13,14,15). The van der Waals surface area contributed by atoms with E-state index in [0.717, 1.165) is 0 Å². The van der Waals surface area contributed by atoms with Gasteiger partial charge in [-0.1, -0.05) is 0 Å². The fourth-order valence-electron chi connectivity index (χ4n) is 1.77. The van der Waals surface area contributed by atoms with Gasteiger partial charge in [0.15, 0.2) is 5.78 Å². The van der Waals surface area contributed by atoms with E-state index in [1.165, 1.54) is 18.2 Å². The zero-order valence-electron chi connectivity index (χ0n) is 11.0. The van der Waals surface area contributed by atoms with Gasteiger partial charge < -0.3 is 9.47 Å². The molecular formula is C12H15N5O2. The summed E-state index contributed by atoms with van der Waals surface area (Å²) < 4.78 is 1.65. The number of carbonyl (C=O) groups is 2. The molecule has 0 unspecified atom stereocenters. The van der Waals surface area contributed by atoms with E-state index in [1.54, 1.807) is 30.9 Å². The van der Waals surface area contributed by atoms with E-state index in [2.05, 4.69) is 15.2 Å². The zero-order valence-corrected chi connectivity index (χ0v) is 11.0. The summed E-state index contributed by atoms with van der Waals surface area (Å²) in [6.45, 7) is 1.81. The molecule has 100 valence electrons. The molecule has 0 bridgehead atoms. The second-order valence-electron chi connectivity index (χ2n) is 4.37. The Morgan fingerprint density at radius 2 is 2.21 bits per heavy atom. The summed E-state index contributed by atoms with van der Waals surface area (Å²) in [5.74, 6) is 0.371. The summed E-state index contributed by atoms with van der Waals surface area (Å²) >= 11 is 0. The van der Waals surface area contributed by atoms with Gasteiger partial charge in [0.25, 0.3) is 5.91 Å². The van der Waals surface area contributed by atoms with Crippen molar-refractivity contribution in [1.82, 2.24) is 24.6 Å². The van der Waals surface area contributed by atoms with Crippen molar-refractivity contribution in [2.45, 2.75) is 13.5 Å². The van der Waals surface area contributed by atoms with E-state index in [1.807, 2.05) is 0 Å². The molecular weight excluding hydrogens is 246 g/mol. The first-order valence-corrected chi connectivity index (χ1v) is 5.76. The predicted octanol–water partition coefficient (Wildman–Crippen LogP) is 0.618. The highest BCUT2D eigenvalue weighted by molar-refractivity contribution is 5.99. The number of aromatic nitrogens is 4. The Labute approximate surface area is 110 Å². The molecule has 0 saturated heterocycles. The Hall–Kier alpha value is -2.44. The predicted molar refractivity (Wildman–Crippen MR) is 67.6 cm³/mol. The molecule has 0 aliphatic carbocycles. The molecule has 2 aromatic heterocycles. The average Bonchev–Trinajstić information content (AvgIpc) is 2.97. The van der Waals surface area contributed by atoms with E-state index in [4.69, 9.17) is 0 Å². The summed E-state index contributed by atoms with van der Waals surface area (Å²) in [6, 6.07) is 1.60. The zero-order chi connectivity index (χ0) is 14.0. The molecule has 0 aliphatic rings. The summed E-state index contributed by atoms with van der Waals surface area (Å²) in [4.78, 5) is 29.0. The maximum Gasteiger partial charge on any atom is 0.270 e. The Bertz CT molecular complexity index is 600. The molecule has 0 radical (unpaired) electrons. The fourth-order valence-corrected chi connectivity index (χ4v) is 1.77. The van der Waals surface area contributed by atoms with Gasteiger partial charge in [0.1, 0.15) is 17.8 Å². The normalized spacial score (nSPS) is 10.5. The first kappa shape index (κ1) is 13.0. The highest BCUT2D eigenvalue weighted by Crippen LogP contribution is 2.11. The van der Waals surface area contributed by atoms with Gasteiger partial charge in [-0.3, -0.25) is 14.7 Å². The highest BCUT2D eigenvalue weighted by Gasteiger charge is 2.18. The number of hydrogen-bond acceptors (Lipinski definition) is 4. The van der Waals surface area contributed by atoms with Crippen molar-refractivity contribution in [1.29, 1.82) is 0 Å². The van der Waals surface area contributed by atoms with Crippen LogP contribution in [0.3, 0.4) is 0 Å². The van der Waals surface area contributed by atoms with Crippen molar-refractivity contribution >= 4 is 11.7 Å². The van der Waals surface area contributed by atoms with E-state index in [9.17, 15) is 9.59 Å². The van der Waals surface area contributed by atoms with Gasteiger partial charge in [0.2, 0.25) is 0 Å². The molecule has 0 fully saturated rings. The molecule has 2 rings (SSSR count). The molecule has 1 N–H and O–H groups in total. The third-order valence-corrected chi connectivity index (χ3v) is 2.83. The lowest BCUT2D eigenvalue weighted by atomic mass is 10.2. The minimum absolute atomic E-state index is 0.0625. The molecule has 19 heavy (non-hydrogen) atoms. The van der Waals surface area contributed by atoms with Gasteiger partial charge in [-0.25, -0.2) is 4.98 Å². The quantitative estimate of drug-likeness (QED) is 0.818. The van der Waals surface area contributed by atoms with Crippen LogP contribution in [0.4, 0.5) is 0 Å². The van der Waals surface area contributed by atoms with Crippen LogP contribution in [0, 0.1) is 0 Å². The largest absolute Gasteiger partial charge is 0.346 e. The number of nitrogens with one attached hydrogen (secondary N) is 1. The third kappa shape index (κ3) is 2.70. The van der Waals surface area contributed by atoms with Crippen molar-refractivity contribution in [2.75, 3.05) is 7.05 Å². The first-order chi connectivity index (χ1) is 8.99. The maximum atomic E-state index is 12.3. The van der Waals surface area contributed by atoms with Gasteiger partial charge in [-0.15, -0.1) is 0 Å². The van der Waals surface area contributed by atoms with Crippen LogP contribution < -0.4 is 0 Å². The molecule has 0 saturated carbocycles. The van der Waals surface area contributed by atoms with Crippen LogP contribution in [0.1, 0.15) is 33.6 Å². The molecule has 7 heteroatoms. The summed E-state index contributed by atoms with van der Waals surface area (Å²) in [6.07, 6.45) is 3.04. The minimum atomic E-state index is -0.175. The van der Waals surface area contributed by atoms with Crippen molar-refractivity contribution in [3.63, 3.8) is 0 Å². The lowest BCUT2D eigenvalue weighted by Crippen LogP contribution is -2.28. The molecule has 1 amide bonds. The van der Waals surface area contributed by atoms with E-state index in [-0.39, 0.29) is 11.7 Å². The Kier molecular flexibility index (Phi) is 3.46. The van der Waals surface area contributed by atoms with Crippen molar-refractivity contribution in [2.24, 2.45) is 7.05 Å². The number of amides is 1. The lowest BCUT2D eigenvalue weighted by molar-refractivity contribution is 0.0772. The van der Waals surface area contributed by atoms with E-state index >= 15 is 0 Å². The van der Waals surface area contributed by atoms with Crippen LogP contribution in [0.25, 0.3) is 0 Å². The summed E-state index contributed by atoms with van der Waals surface area (Å²) in [5, 5.41) is 6.42. The summed E-state index contributed by atoms with van der Waals surface area (Å²) in [7, 11) is 3.41. The Balaban J connectivity index is 2.17. The number of aromatic amines is 1. The molecule has 2 heterocycles. The van der Waals surface area contributed by atoms with Gasteiger partial charge in [-0.2, -0.15) is 5.10 Å². The minimum Gasteiger partial charge on any atom is -0.346 e. The van der Waals surface area contributed by atoms with Crippen LogP contribution in [0.15, 0.2) is 18.6 Å². The maximum absolute atomic E-state index is 12.3. The van der Waals surface area contributed by atoms with Crippen LogP contribution >= 0.6 is 0 Å². The molecule has 0 spiro atoms. The number of nitrogens with zero attached hydrogens (tertiary/aromatic N) is 4. The molecule has 2 aromatic rings. The highest BCUT2D eigenvalue weighted by atomic mass is 16.2. The number of Topliss-reactive ketones (excluding diaryl/α,β-unsaturated/α-hetero) is 1. The van der Waals surface area contributed by atoms with Crippen molar-refractivity contribution in [3.8, 4) is 0 Å². The second-order valence-corrected chi connectivity index (χ2v) is 4.37. The van der Waals surface area contributed by atoms with Crippen molar-refractivity contribution in [3.05, 3.63) is 35.7 Å². The van der Waals surface area contributed by atoms with E-state index in [0.29, 0.717) is 23.6 Å². The SMILES string of the molecule is CC(=O)c1cc(C(=O)N(C)Cc2ncn[nH]2)n(C)c1. The Morgan fingerprint density at radius 3 is 2.74 bits per heavy atom. The molecule has 0 aliphatic heterocycles. The van der Waals surface area contributed by atoms with Gasteiger partial charge >= 0.3 is 0 Å². The summed E-state index contributed by atoms with van der Waals surface area (Å²) in [5.41, 5.74) is 0.992. The molecule has 0 atom stereocenters. The number of carbonyl (C=O) groups excluding carboxylic acids is 2. The third-order valence-electron chi connectivity index (χ3n) is 2.83. The Morgan fingerprint density at radius 1 is 1.47 bits per heavy atom. The van der Waals surface area contributed by atoms with Gasteiger partial charge in [0, 0.05) is 25.9 Å². The topological polar surface area (TPSA) is 83.9 Å². The second kappa shape index (κ2) is 5.05. The van der Waals surface area contributed by atoms with Gasteiger partial charge in [-0.05, 0) is 13.0 Å². The number of aryl methyl sites for hydroxylation is 1. The lowest BCUT2D eigenvalue weighted by Gasteiger charge is -2.15. The molecule has 0 aromatic carbocycles. The van der Waals surface area contributed by atoms with E-state index < -0.39 is 0 Å². The molecule has 7 nitrogen and oxygen atoms in total. The smallest absolute Gasteiger partial charge is 0.270 e. The van der Waals surface area contributed by atoms with Gasteiger partial charge in [0.05, 0.1) is 6.54 Å². The van der Waals surface area contributed by atoms with Crippen LogP contribution in [-0.4, -0.2) is 43.4 Å². The number of rotatable bonds is 4. The van der Waals surface area contributed by atoms with Crippen LogP contribution in [-0.2, 0) is 13.6 Å². The number of hydrogen-bond donors (Lipinski definition) is 1. The average molecular weight is 261 g/mol. The fraction of sp³-hybridized carbons (Fsp3) is 0.333. The van der Waals surface area contributed by atoms with Crippen LogP contribution in [0.5, 0.6) is 0 Å². The van der Waals surface area contributed by atoms with Crippen LogP contribution in [0.2, 0.25) is 0 Å². The number of ketones is 1. The monoisotopic (exact) mass is 261 g/mol.